The van der Waals surface area contributed by atoms with Crippen molar-refractivity contribution in [2.45, 2.75) is 13.5 Å². The van der Waals surface area contributed by atoms with Crippen molar-refractivity contribution in [3.63, 3.8) is 0 Å². The van der Waals surface area contributed by atoms with Gasteiger partial charge in [0.25, 0.3) is 5.91 Å². The van der Waals surface area contributed by atoms with Crippen molar-refractivity contribution >= 4 is 22.9 Å². The highest BCUT2D eigenvalue weighted by atomic mass is 32.1. The molecule has 0 bridgehead atoms. The first-order chi connectivity index (χ1) is 17.7. The summed E-state index contributed by atoms with van der Waals surface area (Å²) in [6, 6.07) is 27.2. The number of nitrogens with zero attached hydrogens (tertiary/aromatic N) is 4. The molecule has 4 heterocycles. The largest absolute Gasteiger partial charge is 0.335 e. The predicted molar refractivity (Wildman–Crippen MR) is 146 cm³/mol. The van der Waals surface area contributed by atoms with E-state index in [1.807, 2.05) is 28.5 Å². The maximum absolute atomic E-state index is 12.8. The minimum atomic E-state index is 0.146. The highest BCUT2D eigenvalue weighted by Crippen LogP contribution is 2.29. The summed E-state index contributed by atoms with van der Waals surface area (Å²) in [6.07, 6.45) is 2.22. The van der Waals surface area contributed by atoms with Crippen LogP contribution in [0.3, 0.4) is 0 Å². The number of carbonyl (C=O) groups is 1. The molecule has 0 N–H and O–H groups in total. The van der Waals surface area contributed by atoms with E-state index in [4.69, 9.17) is 4.98 Å². The first-order valence-electron chi connectivity index (χ1n) is 12.3. The Labute approximate surface area is 215 Å². The fourth-order valence-electron chi connectivity index (χ4n) is 4.94. The van der Waals surface area contributed by atoms with E-state index in [0.717, 1.165) is 54.5 Å². The van der Waals surface area contributed by atoms with Crippen LogP contribution in [0.5, 0.6) is 0 Å². The average molecular weight is 493 g/mol. The molecule has 0 spiro atoms. The Kier molecular flexibility index (Phi) is 6.13. The van der Waals surface area contributed by atoms with Gasteiger partial charge in [-0.15, -0.1) is 11.3 Å². The molecule has 1 aliphatic rings. The summed E-state index contributed by atoms with van der Waals surface area (Å²) in [6.45, 7) is 6.07. The summed E-state index contributed by atoms with van der Waals surface area (Å²) in [7, 11) is 0. The zero-order valence-corrected chi connectivity index (χ0v) is 21.1. The third-order valence-corrected chi connectivity index (χ3v) is 7.74. The minimum absolute atomic E-state index is 0.146. The monoisotopic (exact) mass is 492 g/mol. The third kappa shape index (κ3) is 4.45. The van der Waals surface area contributed by atoms with Gasteiger partial charge in [-0.05, 0) is 41.6 Å². The van der Waals surface area contributed by atoms with E-state index < -0.39 is 0 Å². The highest BCUT2D eigenvalue weighted by molar-refractivity contribution is 7.12. The minimum Gasteiger partial charge on any atom is -0.335 e. The number of carbonyl (C=O) groups excluding carboxylic acids is 1. The highest BCUT2D eigenvalue weighted by Gasteiger charge is 2.25. The number of aromatic nitrogens is 2. The molecule has 0 aliphatic carbocycles. The number of piperazine rings is 1. The van der Waals surface area contributed by atoms with E-state index in [9.17, 15) is 4.79 Å². The molecule has 36 heavy (non-hydrogen) atoms. The van der Waals surface area contributed by atoms with Gasteiger partial charge in [0.2, 0.25) is 0 Å². The molecule has 6 rings (SSSR count). The molecule has 6 heteroatoms. The Bertz CT molecular complexity index is 1500. The molecule has 1 amide bonds. The average Bonchev–Trinajstić information content (AvgIpc) is 3.58. The Morgan fingerprint density at radius 3 is 2.42 bits per heavy atom. The third-order valence-electron chi connectivity index (χ3n) is 6.88. The second-order valence-corrected chi connectivity index (χ2v) is 10.3. The number of pyridine rings is 1. The second-order valence-electron chi connectivity index (χ2n) is 9.33. The van der Waals surface area contributed by atoms with E-state index in [1.54, 1.807) is 0 Å². The predicted octanol–water partition coefficient (Wildman–Crippen LogP) is 6.00. The molecule has 0 atom stereocenters. The second kappa shape index (κ2) is 9.72. The van der Waals surface area contributed by atoms with Crippen LogP contribution < -0.4 is 0 Å². The fourth-order valence-corrected chi connectivity index (χ4v) is 5.63. The maximum Gasteiger partial charge on any atom is 0.264 e. The van der Waals surface area contributed by atoms with Gasteiger partial charge in [-0.1, -0.05) is 66.2 Å². The van der Waals surface area contributed by atoms with Crippen LogP contribution in [0.2, 0.25) is 0 Å². The van der Waals surface area contributed by atoms with Gasteiger partial charge in [0.05, 0.1) is 16.3 Å². The zero-order chi connectivity index (χ0) is 24.5. The van der Waals surface area contributed by atoms with Gasteiger partial charge in [0.15, 0.2) is 0 Å². The van der Waals surface area contributed by atoms with Crippen LogP contribution in [-0.2, 0) is 6.54 Å². The molecule has 0 unspecified atom stereocenters. The van der Waals surface area contributed by atoms with Crippen molar-refractivity contribution in [2.75, 3.05) is 26.2 Å². The summed E-state index contributed by atoms with van der Waals surface area (Å²) in [5.74, 6) is 0.146. The van der Waals surface area contributed by atoms with Gasteiger partial charge in [-0.3, -0.25) is 9.69 Å². The molecule has 0 radical (unpaired) electrons. The standard InChI is InChI=1S/C30H28N4OS/c1-22-7-5-10-24(19-22)25-12-13-28-31-29(23-8-3-2-4-9-23)26(34(28)20-25)21-32-14-16-33(17-15-32)30(35)27-11-6-18-36-27/h2-13,18-20H,14-17,21H2,1H3. The number of hydrogen-bond acceptors (Lipinski definition) is 4. The molecule has 0 saturated carbocycles. The van der Waals surface area contributed by atoms with Crippen LogP contribution in [0.25, 0.3) is 28.0 Å². The summed E-state index contributed by atoms with van der Waals surface area (Å²) in [4.78, 5) is 23.1. The number of benzene rings is 2. The molecular formula is C30H28N4OS. The first kappa shape index (κ1) is 22.7. The van der Waals surface area contributed by atoms with E-state index >= 15 is 0 Å². The van der Waals surface area contributed by atoms with Crippen molar-refractivity contribution in [3.05, 3.63) is 107 Å². The van der Waals surface area contributed by atoms with E-state index in [-0.39, 0.29) is 5.91 Å². The number of rotatable bonds is 5. The van der Waals surface area contributed by atoms with Crippen molar-refractivity contribution in [1.82, 2.24) is 19.2 Å². The van der Waals surface area contributed by atoms with Crippen LogP contribution in [0, 0.1) is 6.92 Å². The van der Waals surface area contributed by atoms with Crippen LogP contribution in [0.15, 0.2) is 90.4 Å². The molecule has 5 nitrogen and oxygen atoms in total. The topological polar surface area (TPSA) is 40.9 Å². The van der Waals surface area contributed by atoms with Crippen LogP contribution in [0.1, 0.15) is 20.9 Å². The van der Waals surface area contributed by atoms with E-state index in [2.05, 4.69) is 83.1 Å². The van der Waals surface area contributed by atoms with Crippen molar-refractivity contribution in [2.24, 2.45) is 0 Å². The fraction of sp³-hybridized carbons (Fsp3) is 0.200. The van der Waals surface area contributed by atoms with Gasteiger partial charge < -0.3 is 9.30 Å². The number of thiophene rings is 1. The normalized spacial score (nSPS) is 14.4. The van der Waals surface area contributed by atoms with Crippen molar-refractivity contribution in [1.29, 1.82) is 0 Å². The molecule has 180 valence electrons. The van der Waals surface area contributed by atoms with E-state index in [1.165, 1.54) is 33.7 Å². The summed E-state index contributed by atoms with van der Waals surface area (Å²) >= 11 is 1.51. The van der Waals surface area contributed by atoms with Crippen LogP contribution in [-0.4, -0.2) is 51.3 Å². The molecule has 1 aliphatic heterocycles. The zero-order valence-electron chi connectivity index (χ0n) is 20.3. The molecule has 2 aromatic carbocycles. The number of aryl methyl sites for hydroxylation is 1. The smallest absolute Gasteiger partial charge is 0.264 e. The molecule has 5 aromatic rings. The Morgan fingerprint density at radius 1 is 0.861 bits per heavy atom. The van der Waals surface area contributed by atoms with E-state index in [0.29, 0.717) is 0 Å². The molecule has 1 saturated heterocycles. The lowest BCUT2D eigenvalue weighted by Crippen LogP contribution is -2.48. The lowest BCUT2D eigenvalue weighted by Gasteiger charge is -2.34. The summed E-state index contributed by atoms with van der Waals surface area (Å²) < 4.78 is 2.25. The number of imidazole rings is 1. The Hall–Kier alpha value is -3.74. The first-order valence-corrected chi connectivity index (χ1v) is 13.2. The Balaban J connectivity index is 1.32. The van der Waals surface area contributed by atoms with Gasteiger partial charge in [0.1, 0.15) is 5.65 Å². The SMILES string of the molecule is Cc1cccc(-c2ccc3nc(-c4ccccc4)c(CN4CCN(C(=O)c5cccs5)CC4)n3c2)c1. The Morgan fingerprint density at radius 2 is 1.67 bits per heavy atom. The molecule has 1 fully saturated rings. The number of hydrogen-bond donors (Lipinski definition) is 0. The quantitative estimate of drug-likeness (QED) is 0.302. The lowest BCUT2D eigenvalue weighted by atomic mass is 10.1. The maximum atomic E-state index is 12.8. The van der Waals surface area contributed by atoms with Crippen molar-refractivity contribution in [3.8, 4) is 22.4 Å². The molecule has 3 aromatic heterocycles. The van der Waals surface area contributed by atoms with Gasteiger partial charge in [-0.2, -0.15) is 0 Å². The number of amides is 1. The number of fused-ring (bicyclic) bond motifs is 1. The summed E-state index contributed by atoms with van der Waals surface area (Å²) in [5.41, 5.74) is 7.91. The molecular weight excluding hydrogens is 464 g/mol. The van der Waals surface area contributed by atoms with Crippen LogP contribution in [0.4, 0.5) is 0 Å². The summed E-state index contributed by atoms with van der Waals surface area (Å²) in [5, 5.41) is 1.96. The van der Waals surface area contributed by atoms with Crippen molar-refractivity contribution < 1.29 is 4.79 Å². The van der Waals surface area contributed by atoms with Crippen LogP contribution >= 0.6 is 11.3 Å². The van der Waals surface area contributed by atoms with Gasteiger partial charge in [0, 0.05) is 44.5 Å². The lowest BCUT2D eigenvalue weighted by molar-refractivity contribution is 0.0631. The van der Waals surface area contributed by atoms with Gasteiger partial charge >= 0.3 is 0 Å². The van der Waals surface area contributed by atoms with Gasteiger partial charge in [-0.25, -0.2) is 4.98 Å².